The van der Waals surface area contributed by atoms with Gasteiger partial charge in [-0.2, -0.15) is 0 Å². The molecule has 0 aliphatic rings. The first-order chi connectivity index (χ1) is 15.0. The summed E-state index contributed by atoms with van der Waals surface area (Å²) in [7, 11) is -1.82. The van der Waals surface area contributed by atoms with E-state index < -0.39 is 9.84 Å². The number of aryl methyl sites for hydroxylation is 1. The van der Waals surface area contributed by atoms with Crippen molar-refractivity contribution in [3.05, 3.63) is 88.9 Å². The summed E-state index contributed by atoms with van der Waals surface area (Å²) in [4.78, 5) is 0.278. The highest BCUT2D eigenvalue weighted by atomic mass is 35.5. The van der Waals surface area contributed by atoms with Crippen LogP contribution in [0.2, 0.25) is 5.02 Å². The van der Waals surface area contributed by atoms with E-state index in [1.54, 1.807) is 19.2 Å². The average Bonchev–Trinajstić information content (AvgIpc) is 2.78. The fraction of sp³-hybridized carbons (Fsp3) is 0.250. The van der Waals surface area contributed by atoms with E-state index in [1.165, 1.54) is 12.1 Å². The van der Waals surface area contributed by atoms with Gasteiger partial charge >= 0.3 is 0 Å². The summed E-state index contributed by atoms with van der Waals surface area (Å²) in [6, 6.07) is 21.6. The van der Waals surface area contributed by atoms with Crippen molar-refractivity contribution in [1.29, 1.82) is 0 Å². The van der Waals surface area contributed by atoms with Gasteiger partial charge in [0.05, 0.1) is 10.6 Å². The molecule has 5 nitrogen and oxygen atoms in total. The molecule has 3 aromatic rings. The van der Waals surface area contributed by atoms with Crippen LogP contribution in [0.3, 0.4) is 0 Å². The molecule has 0 saturated carbocycles. The highest BCUT2D eigenvalue weighted by molar-refractivity contribution is 7.91. The van der Waals surface area contributed by atoms with E-state index >= 15 is 0 Å². The zero-order valence-corrected chi connectivity index (χ0v) is 18.9. The Morgan fingerprint density at radius 1 is 0.903 bits per heavy atom. The predicted octanol–water partition coefficient (Wildman–Crippen LogP) is 5.31. The molecule has 0 unspecified atom stereocenters. The maximum absolute atomic E-state index is 12.6. The zero-order valence-electron chi connectivity index (χ0n) is 17.3. The fourth-order valence-electron chi connectivity index (χ4n) is 3.04. The van der Waals surface area contributed by atoms with Crippen LogP contribution in [0.4, 0.5) is 0 Å². The molecule has 0 bridgehead atoms. The second kappa shape index (κ2) is 11.2. The molecule has 0 amide bonds. The van der Waals surface area contributed by atoms with E-state index in [2.05, 4.69) is 0 Å². The SMILES string of the molecule is COCOc1ccc(CCCS(=O)(=O)c2ccc(Cl)cc2)c(OCc2ccccc2)c1. The topological polar surface area (TPSA) is 61.8 Å². The maximum Gasteiger partial charge on any atom is 0.188 e. The van der Waals surface area contributed by atoms with Gasteiger partial charge in [0.15, 0.2) is 16.6 Å². The van der Waals surface area contributed by atoms with E-state index in [0.29, 0.717) is 36.0 Å². The van der Waals surface area contributed by atoms with Crippen LogP contribution >= 0.6 is 11.6 Å². The van der Waals surface area contributed by atoms with Gasteiger partial charge in [-0.3, -0.25) is 0 Å². The highest BCUT2D eigenvalue weighted by Crippen LogP contribution is 2.28. The molecular formula is C24H25ClO5S. The number of benzene rings is 3. The number of hydrogen-bond donors (Lipinski definition) is 0. The van der Waals surface area contributed by atoms with Gasteiger partial charge in [-0.15, -0.1) is 0 Å². The number of methoxy groups -OCH3 is 1. The molecule has 0 aliphatic carbocycles. The van der Waals surface area contributed by atoms with E-state index in [4.69, 9.17) is 25.8 Å². The first-order valence-corrected chi connectivity index (χ1v) is 11.9. The monoisotopic (exact) mass is 460 g/mol. The van der Waals surface area contributed by atoms with Gasteiger partial charge in [-0.05, 0) is 54.3 Å². The van der Waals surface area contributed by atoms with Gasteiger partial charge in [0.2, 0.25) is 0 Å². The minimum atomic E-state index is -3.38. The first kappa shape index (κ1) is 23.1. The Morgan fingerprint density at radius 2 is 1.65 bits per heavy atom. The molecule has 3 aromatic carbocycles. The van der Waals surface area contributed by atoms with Crippen LogP contribution in [0.1, 0.15) is 17.5 Å². The molecule has 0 radical (unpaired) electrons. The van der Waals surface area contributed by atoms with Crippen molar-refractivity contribution in [1.82, 2.24) is 0 Å². The summed E-state index contributed by atoms with van der Waals surface area (Å²) >= 11 is 5.86. The second-order valence-corrected chi connectivity index (χ2v) is 9.52. The van der Waals surface area contributed by atoms with Gasteiger partial charge in [-0.25, -0.2) is 8.42 Å². The van der Waals surface area contributed by atoms with Crippen LogP contribution in [0, 0.1) is 0 Å². The molecule has 0 heterocycles. The molecular weight excluding hydrogens is 436 g/mol. The quantitative estimate of drug-likeness (QED) is 0.363. The molecule has 31 heavy (non-hydrogen) atoms. The van der Waals surface area contributed by atoms with Crippen molar-refractivity contribution in [2.45, 2.75) is 24.3 Å². The summed E-state index contributed by atoms with van der Waals surface area (Å²) in [5.41, 5.74) is 1.97. The summed E-state index contributed by atoms with van der Waals surface area (Å²) in [6.45, 7) is 0.543. The van der Waals surface area contributed by atoms with Crippen LogP contribution < -0.4 is 9.47 Å². The van der Waals surface area contributed by atoms with E-state index in [1.807, 2.05) is 48.5 Å². The Bertz CT molecular complexity index is 1070. The molecule has 3 rings (SSSR count). The third-order valence-electron chi connectivity index (χ3n) is 4.65. The van der Waals surface area contributed by atoms with Crippen molar-refractivity contribution >= 4 is 21.4 Å². The van der Waals surface area contributed by atoms with Gasteiger partial charge in [0.25, 0.3) is 0 Å². The average molecular weight is 461 g/mol. The van der Waals surface area contributed by atoms with Crippen molar-refractivity contribution in [3.8, 4) is 11.5 Å². The molecule has 0 atom stereocenters. The van der Waals surface area contributed by atoms with E-state index in [-0.39, 0.29) is 17.4 Å². The Balaban J connectivity index is 1.68. The number of hydrogen-bond acceptors (Lipinski definition) is 5. The van der Waals surface area contributed by atoms with E-state index in [0.717, 1.165) is 11.1 Å². The lowest BCUT2D eigenvalue weighted by molar-refractivity contribution is 0.0509. The molecule has 0 fully saturated rings. The third kappa shape index (κ3) is 6.99. The van der Waals surface area contributed by atoms with Crippen molar-refractivity contribution in [2.75, 3.05) is 19.7 Å². The summed E-state index contributed by atoms with van der Waals surface area (Å²) in [5, 5.41) is 0.509. The molecule has 164 valence electrons. The molecule has 0 aromatic heterocycles. The van der Waals surface area contributed by atoms with Gasteiger partial charge < -0.3 is 14.2 Å². The Kier molecular flexibility index (Phi) is 8.35. The third-order valence-corrected chi connectivity index (χ3v) is 6.72. The van der Waals surface area contributed by atoms with Gasteiger partial charge in [0.1, 0.15) is 18.1 Å². The van der Waals surface area contributed by atoms with Crippen LogP contribution in [0.25, 0.3) is 0 Å². The number of ether oxygens (including phenoxy) is 3. The summed E-state index contributed by atoms with van der Waals surface area (Å²) < 4.78 is 41.7. The number of sulfone groups is 1. The molecule has 0 N–H and O–H groups in total. The largest absolute Gasteiger partial charge is 0.488 e. The minimum absolute atomic E-state index is 0.0364. The number of rotatable bonds is 11. The normalized spacial score (nSPS) is 11.3. The lowest BCUT2D eigenvalue weighted by Crippen LogP contribution is -2.08. The fourth-order valence-corrected chi connectivity index (χ4v) is 4.48. The Hall–Kier alpha value is -2.54. The lowest BCUT2D eigenvalue weighted by atomic mass is 10.1. The Morgan fingerprint density at radius 3 is 2.35 bits per heavy atom. The first-order valence-electron chi connectivity index (χ1n) is 9.87. The summed E-state index contributed by atoms with van der Waals surface area (Å²) in [6.07, 6.45) is 1.02. The highest BCUT2D eigenvalue weighted by Gasteiger charge is 2.15. The van der Waals surface area contributed by atoms with Crippen LogP contribution in [0.5, 0.6) is 11.5 Å². The van der Waals surface area contributed by atoms with Crippen molar-refractivity contribution in [3.63, 3.8) is 0 Å². The molecule has 7 heteroatoms. The molecule has 0 aliphatic heterocycles. The lowest BCUT2D eigenvalue weighted by Gasteiger charge is -2.14. The van der Waals surface area contributed by atoms with Crippen LogP contribution in [-0.4, -0.2) is 28.1 Å². The van der Waals surface area contributed by atoms with Crippen LogP contribution in [-0.2, 0) is 27.6 Å². The van der Waals surface area contributed by atoms with E-state index in [9.17, 15) is 8.42 Å². The molecule has 0 saturated heterocycles. The Labute approximate surface area is 188 Å². The molecule has 0 spiro atoms. The van der Waals surface area contributed by atoms with Crippen LogP contribution in [0.15, 0.2) is 77.7 Å². The number of halogens is 1. The summed E-state index contributed by atoms with van der Waals surface area (Å²) in [5.74, 6) is 1.33. The van der Waals surface area contributed by atoms with Crippen molar-refractivity contribution < 1.29 is 22.6 Å². The van der Waals surface area contributed by atoms with Gasteiger partial charge in [-0.1, -0.05) is 48.0 Å². The van der Waals surface area contributed by atoms with Gasteiger partial charge in [0, 0.05) is 18.2 Å². The predicted molar refractivity (Wildman–Crippen MR) is 122 cm³/mol. The minimum Gasteiger partial charge on any atom is -0.488 e. The standard InChI is InChI=1S/C24H25ClO5S/c1-28-18-30-22-12-9-20(24(16-22)29-17-19-6-3-2-4-7-19)8-5-15-31(26,27)23-13-10-21(25)11-14-23/h2-4,6-7,9-14,16H,5,8,15,17-18H2,1H3. The smallest absolute Gasteiger partial charge is 0.188 e. The second-order valence-electron chi connectivity index (χ2n) is 6.97. The van der Waals surface area contributed by atoms with Crippen molar-refractivity contribution in [2.24, 2.45) is 0 Å². The maximum atomic E-state index is 12.6. The zero-order chi connectivity index (χ0) is 22.1.